The normalized spacial score (nSPS) is 32.7. The molecule has 2 rings (SSSR count). The van der Waals surface area contributed by atoms with Crippen molar-refractivity contribution in [3.63, 3.8) is 0 Å². The monoisotopic (exact) mass is 224 g/mol. The van der Waals surface area contributed by atoms with Crippen molar-refractivity contribution < 1.29 is 9.59 Å². The van der Waals surface area contributed by atoms with Crippen molar-refractivity contribution in [2.24, 2.45) is 11.3 Å². The Morgan fingerprint density at radius 2 is 1.69 bits per heavy atom. The fraction of sp³-hybridized carbons (Fsp3) is 0.833. The number of carbonyl (C=O) groups excluding carboxylic acids is 2. The van der Waals surface area contributed by atoms with Crippen LogP contribution in [0.2, 0.25) is 0 Å². The van der Waals surface area contributed by atoms with E-state index in [1.807, 2.05) is 20.8 Å². The molecule has 1 saturated carbocycles. The van der Waals surface area contributed by atoms with Gasteiger partial charge in [0.25, 0.3) is 0 Å². The van der Waals surface area contributed by atoms with Gasteiger partial charge >= 0.3 is 0 Å². The van der Waals surface area contributed by atoms with E-state index in [0.717, 1.165) is 26.2 Å². The van der Waals surface area contributed by atoms with Gasteiger partial charge < -0.3 is 5.32 Å². The molecule has 4 nitrogen and oxygen atoms in total. The highest BCUT2D eigenvalue weighted by Crippen LogP contribution is 2.39. The molecule has 0 radical (unpaired) electrons. The first-order valence-electron chi connectivity index (χ1n) is 5.96. The van der Waals surface area contributed by atoms with Crippen molar-refractivity contribution in [3.05, 3.63) is 0 Å². The van der Waals surface area contributed by atoms with Crippen LogP contribution in [-0.2, 0) is 9.59 Å². The van der Waals surface area contributed by atoms with Crippen LogP contribution in [0, 0.1) is 11.3 Å². The van der Waals surface area contributed by atoms with Crippen LogP contribution in [0.15, 0.2) is 0 Å². The van der Waals surface area contributed by atoms with E-state index in [1.165, 1.54) is 0 Å². The molecule has 0 amide bonds. The molecule has 2 unspecified atom stereocenters. The summed E-state index contributed by atoms with van der Waals surface area (Å²) in [4.78, 5) is 25.5. The SMILES string of the molecule is CC(C)(C)C1C(=O)C(=O)C1N1CCNCC1. The molecule has 90 valence electrons. The minimum Gasteiger partial charge on any atom is -0.314 e. The van der Waals surface area contributed by atoms with Crippen LogP contribution in [0.25, 0.3) is 0 Å². The van der Waals surface area contributed by atoms with Gasteiger partial charge in [-0.05, 0) is 5.41 Å². The van der Waals surface area contributed by atoms with Crippen LogP contribution in [0.4, 0.5) is 0 Å². The second-order valence-electron chi connectivity index (χ2n) is 5.80. The Labute approximate surface area is 96.4 Å². The van der Waals surface area contributed by atoms with E-state index in [0.29, 0.717) is 0 Å². The zero-order valence-electron chi connectivity index (χ0n) is 10.2. The van der Waals surface area contributed by atoms with Gasteiger partial charge in [0, 0.05) is 26.2 Å². The standard InChI is InChI=1S/C12H20N2O2/c1-12(2,3)8-9(11(16)10(8)15)14-6-4-13-5-7-14/h8-9,13H,4-7H2,1-3H3. The predicted molar refractivity (Wildman–Crippen MR) is 61.2 cm³/mol. The zero-order chi connectivity index (χ0) is 11.9. The Kier molecular flexibility index (Phi) is 2.88. The largest absolute Gasteiger partial charge is 0.314 e. The van der Waals surface area contributed by atoms with Crippen molar-refractivity contribution in [2.45, 2.75) is 26.8 Å². The van der Waals surface area contributed by atoms with E-state index in [1.54, 1.807) is 0 Å². The van der Waals surface area contributed by atoms with E-state index in [9.17, 15) is 9.59 Å². The second-order valence-corrected chi connectivity index (χ2v) is 5.80. The maximum atomic E-state index is 11.7. The molecule has 0 bridgehead atoms. The minimum absolute atomic E-state index is 0.111. The average Bonchev–Trinajstić information content (AvgIpc) is 2.23. The van der Waals surface area contributed by atoms with Crippen LogP contribution >= 0.6 is 0 Å². The summed E-state index contributed by atoms with van der Waals surface area (Å²) in [6.07, 6.45) is 0. The highest BCUT2D eigenvalue weighted by molar-refractivity contribution is 6.47. The van der Waals surface area contributed by atoms with Crippen molar-refractivity contribution in [1.82, 2.24) is 10.2 Å². The summed E-state index contributed by atoms with van der Waals surface area (Å²) in [5.41, 5.74) is -0.111. The highest BCUT2D eigenvalue weighted by atomic mass is 16.2. The molecule has 1 aliphatic carbocycles. The first-order chi connectivity index (χ1) is 7.43. The number of hydrogen-bond acceptors (Lipinski definition) is 4. The van der Waals surface area contributed by atoms with Gasteiger partial charge in [-0.1, -0.05) is 20.8 Å². The topological polar surface area (TPSA) is 49.4 Å². The van der Waals surface area contributed by atoms with E-state index in [-0.39, 0.29) is 28.9 Å². The molecule has 0 aromatic rings. The quantitative estimate of drug-likeness (QED) is 0.641. The molecule has 1 aliphatic heterocycles. The Balaban J connectivity index is 2.13. The van der Waals surface area contributed by atoms with Gasteiger partial charge in [0.1, 0.15) is 0 Å². The Morgan fingerprint density at radius 1 is 1.12 bits per heavy atom. The molecular weight excluding hydrogens is 204 g/mol. The van der Waals surface area contributed by atoms with Gasteiger partial charge in [-0.2, -0.15) is 0 Å². The van der Waals surface area contributed by atoms with E-state index < -0.39 is 0 Å². The van der Waals surface area contributed by atoms with Crippen molar-refractivity contribution >= 4 is 11.6 Å². The number of piperazine rings is 1. The van der Waals surface area contributed by atoms with Crippen LogP contribution in [0.1, 0.15) is 20.8 Å². The molecule has 1 heterocycles. The summed E-state index contributed by atoms with van der Waals surface area (Å²) in [5.74, 6) is -0.462. The van der Waals surface area contributed by atoms with Crippen LogP contribution in [-0.4, -0.2) is 48.7 Å². The third-order valence-corrected chi connectivity index (χ3v) is 3.59. The third-order valence-electron chi connectivity index (χ3n) is 3.59. The Hall–Kier alpha value is -0.740. The van der Waals surface area contributed by atoms with Gasteiger partial charge in [-0.25, -0.2) is 0 Å². The van der Waals surface area contributed by atoms with Crippen LogP contribution in [0.3, 0.4) is 0 Å². The van der Waals surface area contributed by atoms with E-state index in [4.69, 9.17) is 0 Å². The molecule has 16 heavy (non-hydrogen) atoms. The fourth-order valence-electron chi connectivity index (χ4n) is 2.70. The lowest BCUT2D eigenvalue weighted by Crippen LogP contribution is -2.67. The maximum Gasteiger partial charge on any atom is 0.216 e. The summed E-state index contributed by atoms with van der Waals surface area (Å²) < 4.78 is 0. The molecule has 2 atom stereocenters. The summed E-state index contributed by atoms with van der Waals surface area (Å²) in [6.45, 7) is 9.68. The van der Waals surface area contributed by atoms with Crippen LogP contribution in [0.5, 0.6) is 0 Å². The molecule has 0 spiro atoms. The smallest absolute Gasteiger partial charge is 0.216 e. The lowest BCUT2D eigenvalue weighted by molar-refractivity contribution is -0.160. The average molecular weight is 224 g/mol. The fourth-order valence-corrected chi connectivity index (χ4v) is 2.70. The Morgan fingerprint density at radius 3 is 2.19 bits per heavy atom. The first-order valence-corrected chi connectivity index (χ1v) is 5.96. The number of Topliss-reactive ketones (excluding diaryl/α,β-unsaturated/α-hetero) is 2. The molecule has 2 aliphatic rings. The lowest BCUT2D eigenvalue weighted by Gasteiger charge is -2.48. The third kappa shape index (κ3) is 1.80. The summed E-state index contributed by atoms with van der Waals surface area (Å²) in [6, 6.07) is -0.158. The number of hydrogen-bond donors (Lipinski definition) is 1. The minimum atomic E-state index is -0.179. The maximum absolute atomic E-state index is 11.7. The lowest BCUT2D eigenvalue weighted by atomic mass is 9.62. The summed E-state index contributed by atoms with van der Waals surface area (Å²) >= 11 is 0. The number of ketones is 2. The molecule has 1 saturated heterocycles. The molecule has 2 fully saturated rings. The first kappa shape index (κ1) is 11.7. The summed E-state index contributed by atoms with van der Waals surface area (Å²) in [5, 5.41) is 3.26. The second kappa shape index (κ2) is 3.93. The predicted octanol–water partition coefficient (Wildman–Crippen LogP) is 0.0743. The molecular formula is C12H20N2O2. The van der Waals surface area contributed by atoms with Gasteiger partial charge in [0.15, 0.2) is 0 Å². The molecule has 1 N–H and O–H groups in total. The van der Waals surface area contributed by atoms with E-state index >= 15 is 0 Å². The number of nitrogens with one attached hydrogen (secondary N) is 1. The number of carbonyl (C=O) groups is 2. The van der Waals surface area contributed by atoms with Crippen molar-refractivity contribution in [3.8, 4) is 0 Å². The van der Waals surface area contributed by atoms with Crippen molar-refractivity contribution in [1.29, 1.82) is 0 Å². The van der Waals surface area contributed by atoms with Gasteiger partial charge in [0.2, 0.25) is 11.6 Å². The zero-order valence-corrected chi connectivity index (χ0v) is 10.2. The van der Waals surface area contributed by atoms with Crippen molar-refractivity contribution in [2.75, 3.05) is 26.2 Å². The molecule has 4 heteroatoms. The molecule has 0 aromatic carbocycles. The highest BCUT2D eigenvalue weighted by Gasteiger charge is 2.56. The van der Waals surface area contributed by atoms with Gasteiger partial charge in [0.05, 0.1) is 12.0 Å². The number of nitrogens with zero attached hydrogens (tertiary/aromatic N) is 1. The van der Waals surface area contributed by atoms with Crippen LogP contribution < -0.4 is 5.32 Å². The van der Waals surface area contributed by atoms with Gasteiger partial charge in [-0.3, -0.25) is 14.5 Å². The Bertz CT molecular complexity index is 313. The van der Waals surface area contributed by atoms with Gasteiger partial charge in [-0.15, -0.1) is 0 Å². The summed E-state index contributed by atoms with van der Waals surface area (Å²) in [7, 11) is 0. The van der Waals surface area contributed by atoms with E-state index in [2.05, 4.69) is 10.2 Å². The number of rotatable bonds is 1. The molecule has 0 aromatic heterocycles.